The Morgan fingerprint density at radius 3 is 2.16 bits per heavy atom. The van der Waals surface area contributed by atoms with E-state index < -0.39 is 0 Å². The second-order valence-electron chi connectivity index (χ2n) is 10.7. The highest BCUT2D eigenvalue weighted by molar-refractivity contribution is 5.29. The molecule has 0 radical (unpaired) electrons. The van der Waals surface area contributed by atoms with Gasteiger partial charge in [-0.3, -0.25) is 19.7 Å². The minimum atomic E-state index is 0.0000413. The van der Waals surface area contributed by atoms with Crippen molar-refractivity contribution in [3.8, 4) is 5.75 Å². The first-order chi connectivity index (χ1) is 18.3. The van der Waals surface area contributed by atoms with Gasteiger partial charge in [0.1, 0.15) is 18.1 Å². The van der Waals surface area contributed by atoms with Crippen LogP contribution in [-0.4, -0.2) is 71.3 Å². The molecular formula is C31H38N4O2. The predicted octanol–water partition coefficient (Wildman–Crippen LogP) is 4.42. The number of hydrogen-bond acceptors (Lipinski definition) is 6. The lowest BCUT2D eigenvalue weighted by molar-refractivity contribution is -0.0284. The highest BCUT2D eigenvalue weighted by Crippen LogP contribution is 2.44. The standard InChI is InChI=1S/C31H38N4O2/c1-2-5-27(6-3-1)24-36-30-8-4-7-28(21-30)23-34-17-19-35(20-18-34)31(25-37-31)29-11-15-33(16-12-29)22-26-9-13-32-14-10-26/h1-10,13-14,21,29H,11-12,15-20,22-25H2. The summed E-state index contributed by atoms with van der Waals surface area (Å²) >= 11 is 0. The van der Waals surface area contributed by atoms with Crippen LogP contribution in [0.3, 0.4) is 0 Å². The average molecular weight is 499 g/mol. The van der Waals surface area contributed by atoms with E-state index in [0.717, 1.165) is 64.7 Å². The summed E-state index contributed by atoms with van der Waals surface area (Å²) in [4.78, 5) is 11.9. The lowest BCUT2D eigenvalue weighted by Crippen LogP contribution is -2.55. The van der Waals surface area contributed by atoms with Crippen molar-refractivity contribution >= 4 is 0 Å². The van der Waals surface area contributed by atoms with Gasteiger partial charge in [0, 0.05) is 57.6 Å². The second-order valence-corrected chi connectivity index (χ2v) is 10.7. The molecule has 6 nitrogen and oxygen atoms in total. The van der Waals surface area contributed by atoms with Crippen molar-refractivity contribution in [2.45, 2.75) is 38.3 Å². The molecule has 2 aromatic carbocycles. The van der Waals surface area contributed by atoms with Crippen LogP contribution in [0.1, 0.15) is 29.5 Å². The van der Waals surface area contributed by atoms with Gasteiger partial charge < -0.3 is 9.47 Å². The van der Waals surface area contributed by atoms with E-state index in [1.807, 2.05) is 18.5 Å². The maximum Gasteiger partial charge on any atom is 0.148 e. The normalized spacial score (nSPS) is 23.7. The zero-order valence-electron chi connectivity index (χ0n) is 21.7. The molecule has 0 saturated carbocycles. The fourth-order valence-electron chi connectivity index (χ4n) is 6.06. The highest BCUT2D eigenvalue weighted by Gasteiger charge is 2.56. The number of rotatable bonds is 9. The second kappa shape index (κ2) is 11.3. The molecule has 3 aliphatic heterocycles. The van der Waals surface area contributed by atoms with Crippen LogP contribution >= 0.6 is 0 Å². The van der Waals surface area contributed by atoms with Crippen molar-refractivity contribution in [1.29, 1.82) is 0 Å². The monoisotopic (exact) mass is 498 g/mol. The van der Waals surface area contributed by atoms with Gasteiger partial charge in [0.25, 0.3) is 0 Å². The summed E-state index contributed by atoms with van der Waals surface area (Å²) in [5.41, 5.74) is 3.87. The minimum Gasteiger partial charge on any atom is -0.489 e. The van der Waals surface area contributed by atoms with Crippen LogP contribution in [0.15, 0.2) is 79.1 Å². The molecule has 4 heterocycles. The number of aromatic nitrogens is 1. The summed E-state index contributed by atoms with van der Waals surface area (Å²) in [5, 5.41) is 0. The van der Waals surface area contributed by atoms with Crippen LogP contribution in [0.4, 0.5) is 0 Å². The zero-order valence-corrected chi connectivity index (χ0v) is 21.7. The molecule has 0 amide bonds. The number of hydrogen-bond donors (Lipinski definition) is 0. The SMILES string of the molecule is c1ccc(COc2cccc(CN3CCN(C4(C5CCN(Cc6ccncc6)CC5)CO4)CC3)c2)cc1. The zero-order chi connectivity index (χ0) is 24.9. The molecule has 6 rings (SSSR count). The van der Waals surface area contributed by atoms with Crippen LogP contribution in [0, 0.1) is 5.92 Å². The Morgan fingerprint density at radius 2 is 1.43 bits per heavy atom. The summed E-state index contributed by atoms with van der Waals surface area (Å²) in [6.45, 7) is 10.2. The van der Waals surface area contributed by atoms with E-state index >= 15 is 0 Å². The van der Waals surface area contributed by atoms with Gasteiger partial charge in [0.2, 0.25) is 0 Å². The van der Waals surface area contributed by atoms with Gasteiger partial charge in [0.15, 0.2) is 0 Å². The van der Waals surface area contributed by atoms with E-state index in [2.05, 4.69) is 80.3 Å². The molecule has 0 aliphatic carbocycles. The Balaban J connectivity index is 0.966. The molecular weight excluding hydrogens is 460 g/mol. The molecule has 194 valence electrons. The van der Waals surface area contributed by atoms with Gasteiger partial charge in [-0.2, -0.15) is 0 Å². The molecule has 0 bridgehead atoms. The summed E-state index contributed by atoms with van der Waals surface area (Å²) in [7, 11) is 0. The average Bonchev–Trinajstić information content (AvgIpc) is 3.76. The van der Waals surface area contributed by atoms with Crippen molar-refractivity contribution in [1.82, 2.24) is 19.7 Å². The number of ether oxygens (including phenoxy) is 2. The van der Waals surface area contributed by atoms with Crippen LogP contribution < -0.4 is 4.74 Å². The van der Waals surface area contributed by atoms with Gasteiger partial charge in [-0.05, 0) is 66.9 Å². The van der Waals surface area contributed by atoms with Crippen molar-refractivity contribution in [2.75, 3.05) is 45.9 Å². The fraction of sp³-hybridized carbons (Fsp3) is 0.452. The molecule has 6 heteroatoms. The van der Waals surface area contributed by atoms with Crippen molar-refractivity contribution < 1.29 is 9.47 Å². The molecule has 1 unspecified atom stereocenters. The predicted molar refractivity (Wildman–Crippen MR) is 145 cm³/mol. The Kier molecular flexibility index (Phi) is 7.51. The van der Waals surface area contributed by atoms with Gasteiger partial charge in [-0.1, -0.05) is 42.5 Å². The Morgan fingerprint density at radius 1 is 0.757 bits per heavy atom. The lowest BCUT2D eigenvalue weighted by atomic mass is 9.88. The van der Waals surface area contributed by atoms with Gasteiger partial charge in [-0.15, -0.1) is 0 Å². The molecule has 37 heavy (non-hydrogen) atoms. The maximum absolute atomic E-state index is 6.23. The number of piperidine rings is 1. The van der Waals surface area contributed by atoms with Crippen molar-refractivity contribution in [3.05, 3.63) is 95.8 Å². The van der Waals surface area contributed by atoms with E-state index in [1.165, 1.54) is 29.5 Å². The minimum absolute atomic E-state index is 0.0000413. The third-order valence-corrected chi connectivity index (χ3v) is 8.28. The van der Waals surface area contributed by atoms with E-state index in [1.54, 1.807) is 0 Å². The first-order valence-electron chi connectivity index (χ1n) is 13.8. The van der Waals surface area contributed by atoms with Gasteiger partial charge in [0.05, 0.1) is 6.61 Å². The quantitative estimate of drug-likeness (QED) is 0.407. The largest absolute Gasteiger partial charge is 0.489 e. The molecule has 1 atom stereocenters. The highest BCUT2D eigenvalue weighted by atomic mass is 16.6. The topological polar surface area (TPSA) is 44.4 Å². The lowest BCUT2D eigenvalue weighted by Gasteiger charge is -2.43. The molecule has 0 N–H and O–H groups in total. The summed E-state index contributed by atoms with van der Waals surface area (Å²) in [6, 6.07) is 23.2. The third-order valence-electron chi connectivity index (χ3n) is 8.28. The van der Waals surface area contributed by atoms with Crippen LogP contribution in [0.5, 0.6) is 5.75 Å². The first kappa shape index (κ1) is 24.6. The first-order valence-corrected chi connectivity index (χ1v) is 13.8. The number of nitrogens with zero attached hydrogens (tertiary/aromatic N) is 4. The number of benzene rings is 2. The Hall–Kier alpha value is -2.77. The molecule has 3 aromatic rings. The number of likely N-dealkylation sites (tertiary alicyclic amines) is 1. The number of pyridine rings is 1. The van der Waals surface area contributed by atoms with E-state index in [0.29, 0.717) is 12.5 Å². The third kappa shape index (κ3) is 6.04. The summed E-state index contributed by atoms with van der Waals surface area (Å²) in [6.07, 6.45) is 6.23. The van der Waals surface area contributed by atoms with Crippen LogP contribution in [0.25, 0.3) is 0 Å². The molecule has 3 saturated heterocycles. The van der Waals surface area contributed by atoms with Crippen LogP contribution in [-0.2, 0) is 24.4 Å². The van der Waals surface area contributed by atoms with Gasteiger partial charge >= 0.3 is 0 Å². The molecule has 0 spiro atoms. The van der Waals surface area contributed by atoms with E-state index in [-0.39, 0.29) is 5.72 Å². The molecule has 3 fully saturated rings. The number of piperazine rings is 1. The maximum atomic E-state index is 6.23. The Labute approximate surface area is 220 Å². The van der Waals surface area contributed by atoms with Crippen molar-refractivity contribution in [3.63, 3.8) is 0 Å². The van der Waals surface area contributed by atoms with Gasteiger partial charge in [-0.25, -0.2) is 0 Å². The molecule has 1 aromatic heterocycles. The van der Waals surface area contributed by atoms with E-state index in [9.17, 15) is 0 Å². The fourth-order valence-corrected chi connectivity index (χ4v) is 6.06. The van der Waals surface area contributed by atoms with E-state index in [4.69, 9.17) is 9.47 Å². The number of epoxide rings is 1. The van der Waals surface area contributed by atoms with Crippen LogP contribution in [0.2, 0.25) is 0 Å². The molecule has 3 aliphatic rings. The van der Waals surface area contributed by atoms with Crippen molar-refractivity contribution in [2.24, 2.45) is 5.92 Å². The Bertz CT molecular complexity index is 1120. The summed E-state index contributed by atoms with van der Waals surface area (Å²) < 4.78 is 12.3. The summed E-state index contributed by atoms with van der Waals surface area (Å²) in [5.74, 6) is 1.59. The smallest absolute Gasteiger partial charge is 0.148 e.